The van der Waals surface area contributed by atoms with Crippen LogP contribution in [0, 0.1) is 0 Å². The average molecular weight is 509 g/mol. The number of hydrogen-bond donors (Lipinski definition) is 1. The van der Waals surface area contributed by atoms with Crippen molar-refractivity contribution in [3.05, 3.63) is 64.7 Å². The number of benzene rings is 2. The monoisotopic (exact) mass is 509 g/mol. The summed E-state index contributed by atoms with van der Waals surface area (Å²) in [6.07, 6.45) is 0.570. The number of carbonyl (C=O) groups excluding carboxylic acids is 3. The summed E-state index contributed by atoms with van der Waals surface area (Å²) in [5, 5.41) is 2.09. The third-order valence-corrected chi connectivity index (χ3v) is 8.21. The zero-order valence-electron chi connectivity index (χ0n) is 22.9. The number of carbonyl (C=O) groups is 3. The van der Waals surface area contributed by atoms with Gasteiger partial charge in [-0.3, -0.25) is 19.7 Å². The number of amides is 3. The fourth-order valence-corrected chi connectivity index (χ4v) is 5.65. The highest BCUT2D eigenvalue weighted by molar-refractivity contribution is 6.45. The van der Waals surface area contributed by atoms with Gasteiger partial charge in [-0.1, -0.05) is 30.3 Å². The van der Waals surface area contributed by atoms with Crippen LogP contribution in [0.5, 0.6) is 5.75 Å². The molecule has 2 unspecified atom stereocenters. The van der Waals surface area contributed by atoms with Crippen molar-refractivity contribution in [3.63, 3.8) is 0 Å². The number of piperidine rings is 1. The molecule has 0 saturated carbocycles. The van der Waals surface area contributed by atoms with Crippen LogP contribution in [0.4, 0.5) is 0 Å². The van der Waals surface area contributed by atoms with Gasteiger partial charge in [0.1, 0.15) is 57.6 Å². The van der Waals surface area contributed by atoms with Crippen LogP contribution in [0.1, 0.15) is 39.9 Å². The van der Waals surface area contributed by atoms with Crippen LogP contribution in [-0.4, -0.2) is 96.1 Å². The molecule has 3 aliphatic rings. The number of ether oxygens (including phenoxy) is 2. The maximum atomic E-state index is 13.1. The van der Waals surface area contributed by atoms with Gasteiger partial charge in [0.05, 0.1) is 6.54 Å². The fourth-order valence-electron chi connectivity index (χ4n) is 5.65. The summed E-state index contributed by atoms with van der Waals surface area (Å²) in [5.41, 5.74) is 3.60. The summed E-state index contributed by atoms with van der Waals surface area (Å²) < 4.78 is 12.4. The van der Waals surface area contributed by atoms with E-state index in [0.29, 0.717) is 30.9 Å². The smallest absolute Gasteiger partial charge is 0.255 e. The van der Waals surface area contributed by atoms with Gasteiger partial charge in [0.2, 0.25) is 11.8 Å². The first-order valence-corrected chi connectivity index (χ1v) is 13.3. The number of hydrogen-bond acceptors (Lipinski definition) is 6. The van der Waals surface area contributed by atoms with Crippen molar-refractivity contribution in [2.45, 2.75) is 55.3 Å². The van der Waals surface area contributed by atoms with E-state index in [4.69, 9.17) is 9.47 Å². The molecule has 3 heterocycles. The van der Waals surface area contributed by atoms with Crippen LogP contribution in [0.3, 0.4) is 0 Å². The van der Waals surface area contributed by atoms with E-state index in [1.54, 1.807) is 17.0 Å². The minimum Gasteiger partial charge on any atom is -0.489 e. The molecule has 2 fully saturated rings. The maximum Gasteiger partial charge on any atom is 0.255 e. The van der Waals surface area contributed by atoms with Crippen LogP contribution >= 0.6 is 0 Å². The molecule has 5 rings (SSSR count). The Bertz CT molecular complexity index is 1270. The molecule has 38 heavy (non-hydrogen) atoms. The highest BCUT2D eigenvalue weighted by Gasteiger charge is 2.43. The summed E-state index contributed by atoms with van der Waals surface area (Å²) in [7, 11) is 10.9. The van der Waals surface area contributed by atoms with E-state index in [9.17, 15) is 14.4 Å². The normalized spacial score (nSPS) is 24.6. The standard InChI is InChI=1S/C25H32B5N3O5/c26-23-25(29,30)32(13-24(27,28)38-23)10-14-4-6-15(7-5-14)12-37-19-3-1-2-16-17(19)11-33(22(16)36)18-8-9-20(34)31-21(18)35/h1-7,18,23H,8-13,26-30H2,(H,31,34,35). The lowest BCUT2D eigenvalue weighted by molar-refractivity contribution is -0.136. The largest absolute Gasteiger partial charge is 0.489 e. The Hall–Kier alpha value is -2.91. The second kappa shape index (κ2) is 10.0. The maximum absolute atomic E-state index is 13.1. The number of rotatable bonds is 6. The molecule has 8 nitrogen and oxygen atoms in total. The topological polar surface area (TPSA) is 88.2 Å². The van der Waals surface area contributed by atoms with Crippen LogP contribution in [0.15, 0.2) is 42.5 Å². The van der Waals surface area contributed by atoms with Gasteiger partial charge in [0.15, 0.2) is 0 Å². The molecule has 13 heteroatoms. The lowest BCUT2D eigenvalue weighted by Gasteiger charge is -2.54. The molecular weight excluding hydrogens is 476 g/mol. The first-order valence-electron chi connectivity index (χ1n) is 13.3. The van der Waals surface area contributed by atoms with Crippen molar-refractivity contribution in [3.8, 4) is 5.75 Å². The van der Waals surface area contributed by atoms with Gasteiger partial charge in [0, 0.05) is 42.0 Å². The molecule has 2 saturated heterocycles. The second-order valence-electron chi connectivity index (χ2n) is 11.8. The third kappa shape index (κ3) is 5.18. The van der Waals surface area contributed by atoms with Crippen molar-refractivity contribution in [1.29, 1.82) is 0 Å². The molecule has 2 aromatic carbocycles. The highest BCUT2D eigenvalue weighted by atomic mass is 16.5. The van der Waals surface area contributed by atoms with Crippen LogP contribution in [-0.2, 0) is 34.0 Å². The summed E-state index contributed by atoms with van der Waals surface area (Å²) in [5.74, 6) is -0.269. The van der Waals surface area contributed by atoms with Crippen LogP contribution in [0.25, 0.3) is 0 Å². The molecule has 0 spiro atoms. The fraction of sp³-hybridized carbons (Fsp3) is 0.400. The number of fused-ring (bicyclic) bond motifs is 1. The lowest BCUT2D eigenvalue weighted by Crippen LogP contribution is -2.69. The zero-order chi connectivity index (χ0) is 27.2. The van der Waals surface area contributed by atoms with E-state index in [1.807, 2.05) is 6.07 Å². The van der Waals surface area contributed by atoms with Crippen molar-refractivity contribution < 1.29 is 23.9 Å². The van der Waals surface area contributed by atoms with Crippen molar-refractivity contribution in [2.75, 3.05) is 6.54 Å². The highest BCUT2D eigenvalue weighted by Crippen LogP contribution is 2.34. The Balaban J connectivity index is 1.24. The molecule has 0 radical (unpaired) electrons. The van der Waals surface area contributed by atoms with Crippen molar-refractivity contribution >= 4 is 57.0 Å². The van der Waals surface area contributed by atoms with Gasteiger partial charge in [-0.15, -0.1) is 0 Å². The Kier molecular flexibility index (Phi) is 7.03. The van der Waals surface area contributed by atoms with Gasteiger partial charge in [-0.05, 0) is 35.0 Å². The molecule has 2 aromatic rings. The van der Waals surface area contributed by atoms with Crippen molar-refractivity contribution in [1.82, 2.24) is 15.1 Å². The van der Waals surface area contributed by atoms with E-state index >= 15 is 0 Å². The molecule has 0 bridgehead atoms. The van der Waals surface area contributed by atoms with Crippen LogP contribution < -0.4 is 10.1 Å². The van der Waals surface area contributed by atoms with E-state index in [-0.39, 0.29) is 35.0 Å². The first-order chi connectivity index (χ1) is 17.9. The predicted octanol–water partition coefficient (Wildman–Crippen LogP) is -3.34. The average Bonchev–Trinajstić information content (AvgIpc) is 3.18. The summed E-state index contributed by atoms with van der Waals surface area (Å²) >= 11 is 0. The quantitative estimate of drug-likeness (QED) is 0.324. The van der Waals surface area contributed by atoms with Gasteiger partial charge in [0.25, 0.3) is 5.91 Å². The van der Waals surface area contributed by atoms with Gasteiger partial charge in [-0.2, -0.15) is 0 Å². The summed E-state index contributed by atoms with van der Waals surface area (Å²) in [6.45, 7) is 2.37. The van der Waals surface area contributed by atoms with Gasteiger partial charge in [-0.25, -0.2) is 0 Å². The minimum absolute atomic E-state index is 0.0653. The lowest BCUT2D eigenvalue weighted by atomic mass is 9.49. The number of nitrogens with one attached hydrogen (secondary N) is 1. The van der Waals surface area contributed by atoms with Gasteiger partial charge < -0.3 is 19.3 Å². The number of nitrogens with zero attached hydrogens (tertiary/aromatic N) is 2. The SMILES string of the molecule is BC1OC(B)(B)CN(Cc2ccc(COc3cccc4c3CN(C3CCC(=O)NC3=O)C4=O)cc2)C1(B)B. The Morgan fingerprint density at radius 2 is 1.74 bits per heavy atom. The Labute approximate surface area is 228 Å². The zero-order valence-corrected chi connectivity index (χ0v) is 22.9. The van der Waals surface area contributed by atoms with E-state index in [0.717, 1.165) is 24.2 Å². The Morgan fingerprint density at radius 3 is 2.45 bits per heavy atom. The molecule has 0 aromatic heterocycles. The Morgan fingerprint density at radius 1 is 1.03 bits per heavy atom. The molecular formula is C25H32B5N3O5. The first kappa shape index (κ1) is 26.7. The van der Waals surface area contributed by atoms with E-state index in [2.05, 4.69) is 73.7 Å². The summed E-state index contributed by atoms with van der Waals surface area (Å²) in [6, 6.07) is 13.4. The molecule has 192 valence electrons. The predicted molar refractivity (Wildman–Crippen MR) is 157 cm³/mol. The van der Waals surface area contributed by atoms with Crippen LogP contribution in [0.2, 0.25) is 0 Å². The second-order valence-corrected chi connectivity index (χ2v) is 11.8. The third-order valence-electron chi connectivity index (χ3n) is 8.21. The number of morpholine rings is 1. The molecule has 0 aliphatic carbocycles. The van der Waals surface area contributed by atoms with Crippen molar-refractivity contribution in [2.24, 2.45) is 0 Å². The van der Waals surface area contributed by atoms with Gasteiger partial charge >= 0.3 is 0 Å². The van der Waals surface area contributed by atoms with E-state index < -0.39 is 11.9 Å². The number of imide groups is 1. The molecule has 1 N–H and O–H groups in total. The molecule has 3 amide bonds. The molecule has 2 atom stereocenters. The summed E-state index contributed by atoms with van der Waals surface area (Å²) in [4.78, 5) is 41.0. The molecule has 3 aliphatic heterocycles. The van der Waals surface area contributed by atoms with E-state index in [1.165, 1.54) is 5.56 Å². The minimum atomic E-state index is -0.641.